The quantitative estimate of drug-likeness (QED) is 0.827. The summed E-state index contributed by atoms with van der Waals surface area (Å²) in [5, 5.41) is 4.65. The van der Waals surface area contributed by atoms with E-state index in [1.54, 1.807) is 0 Å². The van der Waals surface area contributed by atoms with E-state index in [2.05, 4.69) is 42.1 Å². The van der Waals surface area contributed by atoms with Gasteiger partial charge in [0.1, 0.15) is 0 Å². The van der Waals surface area contributed by atoms with Crippen molar-refractivity contribution in [2.24, 2.45) is 5.92 Å². The van der Waals surface area contributed by atoms with Gasteiger partial charge in [-0.05, 0) is 57.4 Å². The van der Waals surface area contributed by atoms with Crippen LogP contribution in [-0.2, 0) is 0 Å². The average Bonchev–Trinajstić information content (AvgIpc) is 2.86. The van der Waals surface area contributed by atoms with Crippen molar-refractivity contribution < 1.29 is 0 Å². The van der Waals surface area contributed by atoms with Crippen molar-refractivity contribution in [3.8, 4) is 0 Å². The lowest BCUT2D eigenvalue weighted by Gasteiger charge is -2.40. The topological polar surface area (TPSA) is 15.3 Å². The van der Waals surface area contributed by atoms with Gasteiger partial charge in [-0.15, -0.1) is 0 Å². The Kier molecular flexibility index (Phi) is 5.84. The van der Waals surface area contributed by atoms with Gasteiger partial charge in [0.05, 0.1) is 0 Å². The van der Waals surface area contributed by atoms with Crippen molar-refractivity contribution in [1.82, 2.24) is 10.2 Å². The summed E-state index contributed by atoms with van der Waals surface area (Å²) in [6.45, 7) is 8.51. The third-order valence-corrected chi connectivity index (χ3v) is 5.89. The van der Waals surface area contributed by atoms with Crippen molar-refractivity contribution in [1.29, 1.82) is 0 Å². The molecule has 0 aromatic heterocycles. The molecule has 18 heavy (non-hydrogen) atoms. The lowest BCUT2D eigenvalue weighted by atomic mass is 9.92. The fourth-order valence-electron chi connectivity index (χ4n) is 3.61. The molecule has 4 unspecified atom stereocenters. The zero-order valence-electron chi connectivity index (χ0n) is 12.3. The summed E-state index contributed by atoms with van der Waals surface area (Å²) in [5.74, 6) is 0.818. The van der Waals surface area contributed by atoms with E-state index in [-0.39, 0.29) is 0 Å². The van der Waals surface area contributed by atoms with Crippen molar-refractivity contribution in [2.45, 2.75) is 63.3 Å². The monoisotopic (exact) mass is 270 g/mol. The van der Waals surface area contributed by atoms with Crippen LogP contribution in [0, 0.1) is 5.92 Å². The number of rotatable bonds is 5. The Bertz CT molecular complexity index is 247. The van der Waals surface area contributed by atoms with Crippen LogP contribution >= 0.6 is 11.8 Å². The van der Waals surface area contributed by atoms with Crippen LogP contribution in [0.3, 0.4) is 0 Å². The van der Waals surface area contributed by atoms with E-state index in [9.17, 15) is 0 Å². The van der Waals surface area contributed by atoms with E-state index in [4.69, 9.17) is 0 Å². The third kappa shape index (κ3) is 3.64. The standard InChI is InChI=1S/C15H30N2S/c1-4-8-16-15-7-9-17(11-12(15)2)13-5-6-14(10-13)18-3/h12-16H,4-11H2,1-3H3. The molecule has 1 saturated heterocycles. The maximum Gasteiger partial charge on any atom is 0.0117 e. The molecule has 2 fully saturated rings. The molecule has 2 rings (SSSR count). The third-order valence-electron chi connectivity index (χ3n) is 4.80. The predicted molar refractivity (Wildman–Crippen MR) is 82.4 cm³/mol. The number of likely N-dealkylation sites (tertiary alicyclic amines) is 1. The second kappa shape index (κ2) is 7.16. The Morgan fingerprint density at radius 1 is 1.28 bits per heavy atom. The molecule has 0 bridgehead atoms. The molecule has 0 amide bonds. The first-order valence-electron chi connectivity index (χ1n) is 7.74. The lowest BCUT2D eigenvalue weighted by molar-refractivity contribution is 0.106. The molecule has 1 N–H and O–H groups in total. The van der Waals surface area contributed by atoms with Gasteiger partial charge >= 0.3 is 0 Å². The molecule has 3 heteroatoms. The molecular formula is C15H30N2S. The van der Waals surface area contributed by atoms with Gasteiger partial charge in [0.2, 0.25) is 0 Å². The highest BCUT2D eigenvalue weighted by Gasteiger charge is 2.33. The number of thioether (sulfide) groups is 1. The van der Waals surface area contributed by atoms with E-state index in [1.807, 2.05) is 0 Å². The molecule has 1 heterocycles. The van der Waals surface area contributed by atoms with E-state index < -0.39 is 0 Å². The molecule has 106 valence electrons. The van der Waals surface area contributed by atoms with Gasteiger partial charge < -0.3 is 5.32 Å². The summed E-state index contributed by atoms with van der Waals surface area (Å²) in [6, 6.07) is 1.65. The molecule has 1 aliphatic carbocycles. The SMILES string of the molecule is CCCNC1CCN(C2CCC(SC)C2)CC1C. The minimum Gasteiger partial charge on any atom is -0.314 e. The number of nitrogens with one attached hydrogen (secondary N) is 1. The molecule has 0 aromatic carbocycles. The van der Waals surface area contributed by atoms with Gasteiger partial charge in [-0.25, -0.2) is 0 Å². The van der Waals surface area contributed by atoms with Crippen LogP contribution < -0.4 is 5.32 Å². The van der Waals surface area contributed by atoms with E-state index in [0.717, 1.165) is 23.3 Å². The first-order chi connectivity index (χ1) is 8.74. The summed E-state index contributed by atoms with van der Waals surface area (Å²) in [5.41, 5.74) is 0. The van der Waals surface area contributed by atoms with Crippen LogP contribution in [0.1, 0.15) is 46.0 Å². The minimum absolute atomic E-state index is 0.763. The van der Waals surface area contributed by atoms with Crippen LogP contribution in [-0.4, -0.2) is 48.1 Å². The Morgan fingerprint density at radius 3 is 2.72 bits per heavy atom. The van der Waals surface area contributed by atoms with Gasteiger partial charge in [0.15, 0.2) is 0 Å². The fourth-order valence-corrected chi connectivity index (χ4v) is 4.39. The maximum absolute atomic E-state index is 3.72. The number of nitrogens with zero attached hydrogens (tertiary/aromatic N) is 1. The minimum atomic E-state index is 0.763. The molecule has 2 nitrogen and oxygen atoms in total. The van der Waals surface area contributed by atoms with E-state index in [0.29, 0.717) is 0 Å². The van der Waals surface area contributed by atoms with Crippen molar-refractivity contribution >= 4 is 11.8 Å². The highest BCUT2D eigenvalue weighted by atomic mass is 32.2. The van der Waals surface area contributed by atoms with Crippen LogP contribution in [0.5, 0.6) is 0 Å². The second-order valence-electron chi connectivity index (χ2n) is 6.15. The zero-order chi connectivity index (χ0) is 13.0. The number of hydrogen-bond donors (Lipinski definition) is 1. The number of piperidine rings is 1. The van der Waals surface area contributed by atoms with Crippen LogP contribution in [0.2, 0.25) is 0 Å². The van der Waals surface area contributed by atoms with Gasteiger partial charge in [-0.2, -0.15) is 11.8 Å². The second-order valence-corrected chi connectivity index (χ2v) is 7.28. The van der Waals surface area contributed by atoms with Gasteiger partial charge in [0, 0.05) is 23.9 Å². The Morgan fingerprint density at radius 2 is 2.11 bits per heavy atom. The summed E-state index contributed by atoms with van der Waals surface area (Å²) in [4.78, 5) is 2.78. The first-order valence-corrected chi connectivity index (χ1v) is 9.03. The first kappa shape index (κ1) is 14.7. The van der Waals surface area contributed by atoms with E-state index in [1.165, 1.54) is 51.7 Å². The van der Waals surface area contributed by atoms with Gasteiger partial charge in [-0.1, -0.05) is 13.8 Å². The molecule has 2 aliphatic rings. The summed E-state index contributed by atoms with van der Waals surface area (Å²) < 4.78 is 0. The Labute approximate surface area is 117 Å². The Balaban J connectivity index is 1.77. The van der Waals surface area contributed by atoms with Crippen LogP contribution in [0.15, 0.2) is 0 Å². The van der Waals surface area contributed by atoms with Crippen molar-refractivity contribution in [3.63, 3.8) is 0 Å². The summed E-state index contributed by atoms with van der Waals surface area (Å²) in [7, 11) is 0. The average molecular weight is 270 g/mol. The lowest BCUT2D eigenvalue weighted by Crippen LogP contribution is -2.51. The zero-order valence-corrected chi connectivity index (χ0v) is 13.1. The molecule has 4 atom stereocenters. The molecule has 0 radical (unpaired) electrons. The smallest absolute Gasteiger partial charge is 0.0117 e. The highest BCUT2D eigenvalue weighted by Crippen LogP contribution is 2.33. The van der Waals surface area contributed by atoms with Crippen molar-refractivity contribution in [3.05, 3.63) is 0 Å². The largest absolute Gasteiger partial charge is 0.314 e. The summed E-state index contributed by atoms with van der Waals surface area (Å²) >= 11 is 2.07. The Hall–Kier alpha value is 0.270. The van der Waals surface area contributed by atoms with Crippen LogP contribution in [0.4, 0.5) is 0 Å². The van der Waals surface area contributed by atoms with E-state index >= 15 is 0 Å². The molecular weight excluding hydrogens is 240 g/mol. The van der Waals surface area contributed by atoms with Gasteiger partial charge in [-0.3, -0.25) is 4.90 Å². The maximum atomic E-state index is 3.72. The number of hydrogen-bond acceptors (Lipinski definition) is 3. The highest BCUT2D eigenvalue weighted by molar-refractivity contribution is 7.99. The molecule has 1 aliphatic heterocycles. The molecule has 1 saturated carbocycles. The molecule has 0 spiro atoms. The summed E-state index contributed by atoms with van der Waals surface area (Å²) in [6.07, 6.45) is 9.18. The van der Waals surface area contributed by atoms with Gasteiger partial charge in [0.25, 0.3) is 0 Å². The normalized spacial score (nSPS) is 38.2. The fraction of sp³-hybridized carbons (Fsp3) is 1.00. The van der Waals surface area contributed by atoms with Crippen molar-refractivity contribution in [2.75, 3.05) is 25.9 Å². The van der Waals surface area contributed by atoms with Crippen LogP contribution in [0.25, 0.3) is 0 Å². The predicted octanol–water partition coefficient (Wildman–Crippen LogP) is 2.98. The molecule has 0 aromatic rings.